The van der Waals surface area contributed by atoms with E-state index < -0.39 is 12.2 Å². The van der Waals surface area contributed by atoms with Gasteiger partial charge >= 0.3 is 6.09 Å². The van der Waals surface area contributed by atoms with Crippen LogP contribution in [0.4, 0.5) is 4.79 Å². The van der Waals surface area contributed by atoms with Crippen molar-refractivity contribution in [2.24, 2.45) is 5.41 Å². The van der Waals surface area contributed by atoms with Crippen molar-refractivity contribution >= 4 is 29.5 Å². The molecule has 7 heteroatoms. The van der Waals surface area contributed by atoms with Crippen LogP contribution in [0.25, 0.3) is 0 Å². The Morgan fingerprint density at radius 2 is 1.53 bits per heavy atom. The third-order valence-electron chi connectivity index (χ3n) is 5.70. The summed E-state index contributed by atoms with van der Waals surface area (Å²) in [5.74, 6) is 0.152. The Hall–Kier alpha value is -2.67. The van der Waals surface area contributed by atoms with Gasteiger partial charge in [0.15, 0.2) is 0 Å². The fourth-order valence-electron chi connectivity index (χ4n) is 3.78. The van der Waals surface area contributed by atoms with Crippen LogP contribution in [-0.2, 0) is 0 Å². The summed E-state index contributed by atoms with van der Waals surface area (Å²) in [7, 11) is 0. The monoisotopic (exact) mass is 499 g/mol. The Morgan fingerprint density at radius 3 is 2.06 bits per heavy atom. The van der Waals surface area contributed by atoms with E-state index in [0.29, 0.717) is 10.6 Å². The maximum Gasteiger partial charge on any atom is 0.407 e. The van der Waals surface area contributed by atoms with E-state index in [4.69, 9.17) is 11.6 Å². The lowest BCUT2D eigenvalue weighted by Gasteiger charge is -2.35. The van der Waals surface area contributed by atoms with Crippen molar-refractivity contribution in [2.75, 3.05) is 13.1 Å². The zero-order valence-electron chi connectivity index (χ0n) is 19.5. The van der Waals surface area contributed by atoms with Crippen molar-refractivity contribution in [1.29, 1.82) is 0 Å². The van der Waals surface area contributed by atoms with Crippen LogP contribution in [0.15, 0.2) is 82.6 Å². The van der Waals surface area contributed by atoms with Crippen LogP contribution in [0.5, 0.6) is 5.75 Å². The number of hydrogen-bond acceptors (Lipinski definition) is 4. The molecule has 0 saturated carbocycles. The highest BCUT2D eigenvalue weighted by atomic mass is 35.5. The summed E-state index contributed by atoms with van der Waals surface area (Å²) in [6.07, 6.45) is -2.05. The summed E-state index contributed by atoms with van der Waals surface area (Å²) in [6.45, 7) is 6.47. The fourth-order valence-corrected chi connectivity index (χ4v) is 4.79. The maximum absolute atomic E-state index is 12.1. The fraction of sp³-hybridized carbons (Fsp3) is 0.296. The number of phenols is 1. The molecule has 0 radical (unpaired) electrons. The van der Waals surface area contributed by atoms with Crippen LogP contribution in [-0.4, -0.2) is 39.4 Å². The number of hydrogen-bond donors (Lipinski definition) is 3. The first-order valence-electron chi connectivity index (χ1n) is 11.0. The van der Waals surface area contributed by atoms with E-state index in [9.17, 15) is 20.1 Å². The first-order chi connectivity index (χ1) is 16.0. The Bertz CT molecular complexity index is 1100. The number of rotatable bonds is 8. The summed E-state index contributed by atoms with van der Waals surface area (Å²) in [5.41, 5.74) is 1.41. The molecule has 0 bridgehead atoms. The number of halogens is 1. The number of nitrogens with zero attached hydrogens (tertiary/aromatic N) is 1. The minimum atomic E-state index is -1.07. The summed E-state index contributed by atoms with van der Waals surface area (Å²) in [5, 5.41) is 30.5. The van der Waals surface area contributed by atoms with E-state index in [2.05, 4.69) is 20.8 Å². The molecule has 0 fully saturated rings. The molecule has 0 spiro atoms. The van der Waals surface area contributed by atoms with Crippen molar-refractivity contribution in [1.82, 2.24) is 4.90 Å². The van der Waals surface area contributed by atoms with Crippen molar-refractivity contribution < 1.29 is 20.1 Å². The minimum absolute atomic E-state index is 0.0446. The molecule has 0 aromatic heterocycles. The van der Waals surface area contributed by atoms with Gasteiger partial charge in [0, 0.05) is 27.3 Å². The third kappa shape index (κ3) is 7.16. The average Bonchev–Trinajstić information content (AvgIpc) is 2.77. The molecule has 0 saturated heterocycles. The van der Waals surface area contributed by atoms with Gasteiger partial charge in [0.1, 0.15) is 5.75 Å². The normalized spacial score (nSPS) is 13.3. The topological polar surface area (TPSA) is 81.0 Å². The van der Waals surface area contributed by atoms with E-state index in [0.717, 1.165) is 15.4 Å². The first kappa shape index (κ1) is 25.9. The lowest BCUT2D eigenvalue weighted by molar-refractivity contribution is 0.0860. The SMILES string of the molecule is CC(C)(C)C(CN(C[C@H](O)c1cccc(Cl)c1)C(=O)O)c1ccc(Sc2ccc(O)cc2)cc1. The molecule has 1 unspecified atom stereocenters. The van der Waals surface area contributed by atoms with Crippen LogP contribution in [0, 0.1) is 5.41 Å². The van der Waals surface area contributed by atoms with Gasteiger partial charge in [-0.2, -0.15) is 0 Å². The standard InChI is InChI=1S/C27H30ClNO4S/c1-27(2,3)24(16-29(26(32)33)17-25(31)19-5-4-6-20(28)15-19)18-7-11-22(12-8-18)34-23-13-9-21(30)10-14-23/h4-15,24-25,30-31H,16-17H2,1-3H3,(H,32,33)/t24?,25-/m0/s1. The zero-order valence-corrected chi connectivity index (χ0v) is 21.1. The molecule has 2 atom stereocenters. The number of aliphatic hydroxyl groups excluding tert-OH is 1. The minimum Gasteiger partial charge on any atom is -0.508 e. The number of benzene rings is 3. The third-order valence-corrected chi connectivity index (χ3v) is 6.95. The maximum atomic E-state index is 12.1. The van der Waals surface area contributed by atoms with Crippen LogP contribution >= 0.6 is 23.4 Å². The molecule has 3 N–H and O–H groups in total. The average molecular weight is 500 g/mol. The molecule has 180 valence electrons. The number of aromatic hydroxyl groups is 1. The van der Waals surface area contributed by atoms with Gasteiger partial charge in [-0.3, -0.25) is 0 Å². The lowest BCUT2D eigenvalue weighted by Crippen LogP contribution is -2.39. The molecule has 3 aromatic rings. The highest BCUT2D eigenvalue weighted by Crippen LogP contribution is 2.38. The van der Waals surface area contributed by atoms with Gasteiger partial charge in [-0.15, -0.1) is 0 Å². The number of carbonyl (C=O) groups is 1. The number of phenolic OH excluding ortho intramolecular Hbond substituents is 1. The molecular formula is C27H30ClNO4S. The highest BCUT2D eigenvalue weighted by molar-refractivity contribution is 7.99. The quantitative estimate of drug-likeness (QED) is 0.309. The van der Waals surface area contributed by atoms with Gasteiger partial charge in [0.05, 0.1) is 12.6 Å². The Morgan fingerprint density at radius 1 is 0.941 bits per heavy atom. The highest BCUT2D eigenvalue weighted by Gasteiger charge is 2.31. The van der Waals surface area contributed by atoms with E-state index in [1.807, 2.05) is 36.4 Å². The van der Waals surface area contributed by atoms with E-state index in [1.165, 1.54) is 4.90 Å². The molecule has 3 aromatic carbocycles. The van der Waals surface area contributed by atoms with Gasteiger partial charge in [-0.1, -0.05) is 68.4 Å². The van der Waals surface area contributed by atoms with Crippen molar-refractivity contribution in [3.8, 4) is 5.75 Å². The summed E-state index contributed by atoms with van der Waals surface area (Å²) < 4.78 is 0. The van der Waals surface area contributed by atoms with Gasteiger partial charge in [0.2, 0.25) is 0 Å². The predicted octanol–water partition coefficient (Wildman–Crippen LogP) is 7.04. The van der Waals surface area contributed by atoms with Crippen molar-refractivity contribution in [2.45, 2.75) is 42.6 Å². The predicted molar refractivity (Wildman–Crippen MR) is 137 cm³/mol. The first-order valence-corrected chi connectivity index (χ1v) is 12.2. The number of aliphatic hydroxyl groups is 1. The van der Waals surface area contributed by atoms with Crippen LogP contribution < -0.4 is 0 Å². The molecule has 34 heavy (non-hydrogen) atoms. The molecule has 5 nitrogen and oxygen atoms in total. The molecule has 1 amide bonds. The molecule has 0 heterocycles. The Kier molecular flexibility index (Phi) is 8.52. The largest absolute Gasteiger partial charge is 0.508 e. The molecule has 0 aliphatic carbocycles. The van der Waals surface area contributed by atoms with E-state index in [-0.39, 0.29) is 30.2 Å². The summed E-state index contributed by atoms with van der Waals surface area (Å²) in [6, 6.07) is 22.0. The molecule has 3 rings (SSSR count). The number of amides is 1. The molecule has 0 aliphatic rings. The second-order valence-electron chi connectivity index (χ2n) is 9.34. The van der Waals surface area contributed by atoms with Crippen LogP contribution in [0.1, 0.15) is 43.9 Å². The Labute approximate surface area is 210 Å². The lowest BCUT2D eigenvalue weighted by atomic mass is 9.76. The second kappa shape index (κ2) is 11.2. The van der Waals surface area contributed by atoms with Crippen molar-refractivity contribution in [3.05, 3.63) is 88.9 Å². The van der Waals surface area contributed by atoms with E-state index in [1.54, 1.807) is 48.2 Å². The number of carboxylic acid groups (broad SMARTS) is 1. The van der Waals surface area contributed by atoms with Crippen LogP contribution in [0.3, 0.4) is 0 Å². The zero-order chi connectivity index (χ0) is 24.9. The smallest absolute Gasteiger partial charge is 0.407 e. The molecular weight excluding hydrogens is 470 g/mol. The Balaban J connectivity index is 1.77. The molecule has 0 aliphatic heterocycles. The van der Waals surface area contributed by atoms with Gasteiger partial charge in [-0.05, 0) is 65.1 Å². The van der Waals surface area contributed by atoms with Gasteiger partial charge in [-0.25, -0.2) is 4.79 Å². The van der Waals surface area contributed by atoms with E-state index >= 15 is 0 Å². The summed E-state index contributed by atoms with van der Waals surface area (Å²) >= 11 is 7.62. The van der Waals surface area contributed by atoms with Gasteiger partial charge in [0.25, 0.3) is 0 Å². The van der Waals surface area contributed by atoms with Crippen molar-refractivity contribution in [3.63, 3.8) is 0 Å². The van der Waals surface area contributed by atoms with Gasteiger partial charge < -0.3 is 20.2 Å². The summed E-state index contributed by atoms with van der Waals surface area (Å²) in [4.78, 5) is 15.4. The van der Waals surface area contributed by atoms with Crippen LogP contribution in [0.2, 0.25) is 5.02 Å². The second-order valence-corrected chi connectivity index (χ2v) is 10.9.